The normalized spacial score (nSPS) is 13.8. The zero-order valence-corrected chi connectivity index (χ0v) is 21.1. The molecular weight excluding hydrogens is 527 g/mol. The highest BCUT2D eigenvalue weighted by molar-refractivity contribution is 6.35. The van der Waals surface area contributed by atoms with Gasteiger partial charge in [-0.2, -0.15) is 8.78 Å². The van der Waals surface area contributed by atoms with Gasteiger partial charge in [0, 0.05) is 17.5 Å². The number of esters is 1. The average Bonchev–Trinajstić information content (AvgIpc) is 3.70. The Morgan fingerprint density at radius 3 is 2.38 bits per heavy atom. The van der Waals surface area contributed by atoms with Crippen LogP contribution < -0.4 is 14.5 Å². The summed E-state index contributed by atoms with van der Waals surface area (Å²) >= 11 is 12.7. The minimum atomic E-state index is -3.02. The predicted octanol–water partition coefficient (Wildman–Crippen LogP) is 6.08. The van der Waals surface area contributed by atoms with Gasteiger partial charge in [-0.1, -0.05) is 53.5 Å². The van der Waals surface area contributed by atoms with Crippen molar-refractivity contribution in [2.75, 3.05) is 6.61 Å². The van der Waals surface area contributed by atoms with Crippen LogP contribution in [0.2, 0.25) is 10.0 Å². The zero-order valence-electron chi connectivity index (χ0n) is 19.6. The molecule has 1 heterocycles. The summed E-state index contributed by atoms with van der Waals surface area (Å²) < 4.78 is 42.2. The molecule has 0 radical (unpaired) electrons. The van der Waals surface area contributed by atoms with Gasteiger partial charge in [0.25, 0.3) is 0 Å². The zero-order chi connectivity index (χ0) is 26.4. The summed E-state index contributed by atoms with van der Waals surface area (Å²) in [5, 5.41) is 0.696. The van der Waals surface area contributed by atoms with Crippen LogP contribution in [0.15, 0.2) is 54.9 Å². The van der Waals surface area contributed by atoms with Gasteiger partial charge in [-0.05, 0) is 42.0 Å². The fourth-order valence-electron chi connectivity index (χ4n) is 3.69. The van der Waals surface area contributed by atoms with Crippen LogP contribution in [0.4, 0.5) is 8.78 Å². The molecule has 0 spiro atoms. The molecule has 6 nitrogen and oxygen atoms in total. The van der Waals surface area contributed by atoms with E-state index in [1.54, 1.807) is 36.7 Å². The minimum Gasteiger partial charge on any atom is -0.489 e. The topological polar surface area (TPSA) is 76.0 Å². The second kappa shape index (κ2) is 12.3. The number of hydrogen-bond acceptors (Lipinski definition) is 5. The summed E-state index contributed by atoms with van der Waals surface area (Å²) in [5.74, 6) is -0.133. The van der Waals surface area contributed by atoms with Crippen LogP contribution >= 0.6 is 23.2 Å². The van der Waals surface area contributed by atoms with Gasteiger partial charge in [0.2, 0.25) is 0 Å². The van der Waals surface area contributed by atoms with Crippen LogP contribution in [-0.4, -0.2) is 25.5 Å². The summed E-state index contributed by atoms with van der Waals surface area (Å²) in [6.45, 7) is -2.65. The van der Waals surface area contributed by atoms with E-state index in [-0.39, 0.29) is 24.3 Å². The van der Waals surface area contributed by atoms with Crippen molar-refractivity contribution in [3.63, 3.8) is 0 Å². The number of rotatable bonds is 12. The first-order chi connectivity index (χ1) is 17.8. The van der Waals surface area contributed by atoms with Crippen LogP contribution in [0.25, 0.3) is 0 Å². The molecule has 0 unspecified atom stereocenters. The van der Waals surface area contributed by atoms with Gasteiger partial charge in [0.05, 0.1) is 13.0 Å². The number of benzene rings is 2. The van der Waals surface area contributed by atoms with E-state index >= 15 is 0 Å². The van der Waals surface area contributed by atoms with Crippen molar-refractivity contribution in [1.29, 1.82) is 0 Å². The molecule has 1 aromatic heterocycles. The molecule has 0 bridgehead atoms. The number of alkyl halides is 2. The molecule has 194 valence electrons. The van der Waals surface area contributed by atoms with E-state index in [2.05, 4.69) is 9.72 Å². The number of aromatic nitrogens is 1. The van der Waals surface area contributed by atoms with Crippen molar-refractivity contribution in [2.24, 2.45) is 5.92 Å². The van der Waals surface area contributed by atoms with E-state index < -0.39 is 18.7 Å². The third kappa shape index (κ3) is 7.63. The second-order valence-corrected chi connectivity index (χ2v) is 9.50. The first kappa shape index (κ1) is 26.8. The third-order valence-electron chi connectivity index (χ3n) is 5.85. The van der Waals surface area contributed by atoms with Crippen LogP contribution in [0.5, 0.6) is 11.5 Å². The van der Waals surface area contributed by atoms with Crippen molar-refractivity contribution in [3.8, 4) is 11.5 Å². The molecule has 0 saturated heterocycles. The molecule has 0 aliphatic heterocycles. The highest BCUT2D eigenvalue weighted by Crippen LogP contribution is 2.37. The molecule has 1 atom stereocenters. The Morgan fingerprint density at radius 2 is 1.76 bits per heavy atom. The highest BCUT2D eigenvalue weighted by atomic mass is 35.5. The fraction of sp³-hybridized carbons (Fsp3) is 0.296. The lowest BCUT2D eigenvalue weighted by molar-refractivity contribution is -0.377. The Bertz CT molecular complexity index is 1230. The highest BCUT2D eigenvalue weighted by Gasteiger charge is 2.26. The summed E-state index contributed by atoms with van der Waals surface area (Å²) in [7, 11) is 0. The molecule has 3 aromatic rings. The minimum absolute atomic E-state index is 0.0444. The van der Waals surface area contributed by atoms with Crippen molar-refractivity contribution in [1.82, 2.24) is 0 Å². The van der Waals surface area contributed by atoms with Gasteiger partial charge in [-0.3, -0.25) is 9.59 Å². The Morgan fingerprint density at radius 1 is 1.05 bits per heavy atom. The van der Waals surface area contributed by atoms with Crippen LogP contribution in [-0.2, 0) is 22.4 Å². The van der Waals surface area contributed by atoms with E-state index in [9.17, 15) is 18.4 Å². The summed E-state index contributed by atoms with van der Waals surface area (Å²) in [5.41, 5.74) is 2.19. The third-order valence-corrected chi connectivity index (χ3v) is 6.53. The standard InChI is InChI=1S/C27H23Cl2F2NO5/c28-21-12-32-13-22(29)20(21)11-24(36-26(34)9-16-1-3-17(14-33)4-2-16)19-7-8-23(37-27(30)31)25(10-19)35-15-18-5-6-18/h1-4,7-8,10,12-14,18,24,27H,5-6,9,11,15H2/p+1/t24-/m0/s1. The second-order valence-electron chi connectivity index (χ2n) is 8.69. The molecule has 1 aliphatic rings. The number of ether oxygens (including phenoxy) is 3. The first-order valence-corrected chi connectivity index (χ1v) is 12.4. The maximum Gasteiger partial charge on any atom is 0.387 e. The van der Waals surface area contributed by atoms with E-state index in [0.29, 0.717) is 51.1 Å². The fourth-order valence-corrected chi connectivity index (χ4v) is 4.22. The van der Waals surface area contributed by atoms with Crippen molar-refractivity contribution >= 4 is 35.5 Å². The smallest absolute Gasteiger partial charge is 0.387 e. The number of halogens is 4. The van der Waals surface area contributed by atoms with Crippen LogP contribution in [0.3, 0.4) is 0 Å². The van der Waals surface area contributed by atoms with Crippen LogP contribution in [0.1, 0.15) is 46.0 Å². The van der Waals surface area contributed by atoms with Gasteiger partial charge < -0.3 is 14.2 Å². The molecular formula is C27H24Cl2F2NO5+. The maximum absolute atomic E-state index is 13.0. The van der Waals surface area contributed by atoms with Crippen molar-refractivity contribution in [2.45, 2.75) is 38.4 Å². The van der Waals surface area contributed by atoms with E-state index in [1.807, 2.05) is 0 Å². The molecule has 2 aromatic carbocycles. The van der Waals surface area contributed by atoms with Gasteiger partial charge in [-0.15, -0.1) is 0 Å². The molecule has 1 N–H and O–H groups in total. The van der Waals surface area contributed by atoms with E-state index in [4.69, 9.17) is 32.7 Å². The number of pyridine rings is 1. The molecule has 1 fully saturated rings. The lowest BCUT2D eigenvalue weighted by Gasteiger charge is -2.21. The number of aldehydes is 1. The Labute approximate surface area is 222 Å². The van der Waals surface area contributed by atoms with E-state index in [0.717, 1.165) is 12.8 Å². The lowest BCUT2D eigenvalue weighted by atomic mass is 10.0. The largest absolute Gasteiger partial charge is 0.489 e. The first-order valence-electron chi connectivity index (χ1n) is 11.6. The van der Waals surface area contributed by atoms with E-state index in [1.165, 1.54) is 18.2 Å². The van der Waals surface area contributed by atoms with Gasteiger partial charge >= 0.3 is 12.6 Å². The lowest BCUT2D eigenvalue weighted by Crippen LogP contribution is -2.17. The Hall–Kier alpha value is -3.23. The average molecular weight is 551 g/mol. The molecule has 37 heavy (non-hydrogen) atoms. The van der Waals surface area contributed by atoms with Gasteiger partial charge in [-0.25, -0.2) is 4.98 Å². The maximum atomic E-state index is 13.0. The van der Waals surface area contributed by atoms with Crippen molar-refractivity contribution < 1.29 is 37.6 Å². The number of carbonyl (C=O) groups is 2. The monoisotopic (exact) mass is 550 g/mol. The number of hydrogen-bond donors (Lipinski definition) is 0. The molecule has 0 amide bonds. The number of H-pyrrole nitrogens is 1. The predicted molar refractivity (Wildman–Crippen MR) is 132 cm³/mol. The number of nitrogens with one attached hydrogen (secondary N) is 1. The number of carbonyl (C=O) groups excluding carboxylic acids is 2. The van der Waals surface area contributed by atoms with Crippen LogP contribution in [0, 0.1) is 5.92 Å². The summed E-state index contributed by atoms with van der Waals surface area (Å²) in [6, 6.07) is 11.0. The molecule has 4 rings (SSSR count). The summed E-state index contributed by atoms with van der Waals surface area (Å²) in [6.07, 6.45) is 5.08. The molecule has 1 aliphatic carbocycles. The van der Waals surface area contributed by atoms with Gasteiger partial charge in [0.1, 0.15) is 22.4 Å². The van der Waals surface area contributed by atoms with Gasteiger partial charge in [0.15, 0.2) is 23.9 Å². The molecule has 10 heteroatoms. The SMILES string of the molecule is O=Cc1ccc(CC(=O)O[C@@H](Cc2c(Cl)c[nH+]cc2Cl)c2ccc(OC(F)F)c(OCC3CC3)c2)cc1. The number of aromatic amines is 1. The molecule has 1 saturated carbocycles. The summed E-state index contributed by atoms with van der Waals surface area (Å²) in [4.78, 5) is 26.6. The van der Waals surface area contributed by atoms with Crippen molar-refractivity contribution in [3.05, 3.63) is 87.2 Å². The quantitative estimate of drug-likeness (QED) is 0.202. The Kier molecular flexibility index (Phi) is 8.95. The Balaban J connectivity index is 1.61.